The van der Waals surface area contributed by atoms with E-state index < -0.39 is 5.97 Å². The number of carboxylic acids is 1. The second-order valence-electron chi connectivity index (χ2n) is 4.85. The maximum atomic E-state index is 10.6. The predicted octanol–water partition coefficient (Wildman–Crippen LogP) is 0.851. The second kappa shape index (κ2) is 6.83. The zero-order chi connectivity index (χ0) is 16.1. The average molecular weight is 305 g/mol. The Bertz CT molecular complexity index is 643. The molecule has 0 aliphatic rings. The zero-order valence-corrected chi connectivity index (χ0v) is 12.7. The fourth-order valence-electron chi connectivity index (χ4n) is 1.81. The third kappa shape index (κ3) is 3.90. The maximum Gasteiger partial charge on any atom is 0.311 e. The molecule has 22 heavy (non-hydrogen) atoms. The van der Waals surface area contributed by atoms with Crippen LogP contribution in [0.25, 0.3) is 0 Å². The molecule has 0 saturated carbocycles. The van der Waals surface area contributed by atoms with Gasteiger partial charge in [-0.3, -0.25) is 9.89 Å². The Balaban J connectivity index is 2.06. The van der Waals surface area contributed by atoms with Crippen LogP contribution in [0.3, 0.4) is 0 Å². The number of carbonyl (C=O) groups is 1. The zero-order valence-electron chi connectivity index (χ0n) is 12.7. The molecule has 9 heteroatoms. The van der Waals surface area contributed by atoms with Crippen molar-refractivity contribution < 1.29 is 9.90 Å². The monoisotopic (exact) mass is 305 g/mol. The minimum atomic E-state index is -0.952. The molecule has 2 aromatic heterocycles. The SMILES string of the molecule is CCN(C)c1cc(NC(C)c2n[nH]c(CC(=O)O)n2)ncn1. The number of hydrogen-bond acceptors (Lipinski definition) is 7. The molecule has 0 amide bonds. The van der Waals surface area contributed by atoms with Crippen molar-refractivity contribution in [3.8, 4) is 0 Å². The van der Waals surface area contributed by atoms with Crippen LogP contribution in [0.15, 0.2) is 12.4 Å². The number of nitrogens with one attached hydrogen (secondary N) is 2. The Morgan fingerprint density at radius 2 is 2.27 bits per heavy atom. The Labute approximate surface area is 127 Å². The first-order valence-corrected chi connectivity index (χ1v) is 6.92. The van der Waals surface area contributed by atoms with Crippen molar-refractivity contribution >= 4 is 17.6 Å². The highest BCUT2D eigenvalue weighted by Crippen LogP contribution is 2.17. The molecule has 0 saturated heterocycles. The lowest BCUT2D eigenvalue weighted by Gasteiger charge is -2.17. The molecule has 2 heterocycles. The minimum Gasteiger partial charge on any atom is -0.481 e. The van der Waals surface area contributed by atoms with Crippen molar-refractivity contribution in [3.05, 3.63) is 24.0 Å². The van der Waals surface area contributed by atoms with Gasteiger partial charge in [-0.15, -0.1) is 0 Å². The van der Waals surface area contributed by atoms with Crippen LogP contribution in [-0.2, 0) is 11.2 Å². The maximum absolute atomic E-state index is 10.6. The Kier molecular flexibility index (Phi) is 4.87. The van der Waals surface area contributed by atoms with Gasteiger partial charge in [0.2, 0.25) is 0 Å². The lowest BCUT2D eigenvalue weighted by Crippen LogP contribution is -2.18. The van der Waals surface area contributed by atoms with Crippen LogP contribution in [0.1, 0.15) is 31.5 Å². The van der Waals surface area contributed by atoms with Gasteiger partial charge in [-0.2, -0.15) is 5.10 Å². The van der Waals surface area contributed by atoms with Gasteiger partial charge in [0, 0.05) is 19.7 Å². The number of aliphatic carboxylic acids is 1. The molecule has 1 unspecified atom stereocenters. The van der Waals surface area contributed by atoms with Crippen LogP contribution in [0.2, 0.25) is 0 Å². The molecular weight excluding hydrogens is 286 g/mol. The van der Waals surface area contributed by atoms with Gasteiger partial charge in [0.15, 0.2) is 5.82 Å². The van der Waals surface area contributed by atoms with Crippen LogP contribution >= 0.6 is 0 Å². The molecule has 0 aliphatic carbocycles. The smallest absolute Gasteiger partial charge is 0.311 e. The molecule has 9 nitrogen and oxygen atoms in total. The van der Waals surface area contributed by atoms with E-state index in [-0.39, 0.29) is 12.5 Å². The molecule has 0 aromatic carbocycles. The first-order valence-electron chi connectivity index (χ1n) is 6.92. The first-order chi connectivity index (χ1) is 10.5. The highest BCUT2D eigenvalue weighted by molar-refractivity contribution is 5.68. The summed E-state index contributed by atoms with van der Waals surface area (Å²) in [6, 6.07) is 1.62. The summed E-state index contributed by atoms with van der Waals surface area (Å²) in [7, 11) is 1.95. The first kappa shape index (κ1) is 15.7. The van der Waals surface area contributed by atoms with Crippen molar-refractivity contribution in [1.29, 1.82) is 0 Å². The summed E-state index contributed by atoms with van der Waals surface area (Å²) in [6.07, 6.45) is 1.31. The molecule has 118 valence electrons. The van der Waals surface area contributed by atoms with Gasteiger partial charge in [0.25, 0.3) is 0 Å². The van der Waals surface area contributed by atoms with E-state index in [1.54, 1.807) is 0 Å². The Hall–Kier alpha value is -2.71. The summed E-state index contributed by atoms with van der Waals surface area (Å²) >= 11 is 0. The largest absolute Gasteiger partial charge is 0.481 e. The van der Waals surface area contributed by atoms with Crippen molar-refractivity contribution in [3.63, 3.8) is 0 Å². The van der Waals surface area contributed by atoms with Crippen LogP contribution in [-0.4, -0.2) is 49.8 Å². The predicted molar refractivity (Wildman–Crippen MR) is 80.7 cm³/mol. The third-order valence-corrected chi connectivity index (χ3v) is 3.14. The van der Waals surface area contributed by atoms with E-state index in [9.17, 15) is 4.79 Å². The summed E-state index contributed by atoms with van der Waals surface area (Å²) in [5, 5.41) is 18.5. The summed E-state index contributed by atoms with van der Waals surface area (Å²) in [5.74, 6) is 1.33. The topological polar surface area (TPSA) is 120 Å². The van der Waals surface area contributed by atoms with Crippen molar-refractivity contribution in [1.82, 2.24) is 25.1 Å². The summed E-state index contributed by atoms with van der Waals surface area (Å²) in [5.41, 5.74) is 0. The number of nitrogens with zero attached hydrogens (tertiary/aromatic N) is 5. The number of aromatic amines is 1. The standard InChI is InChI=1S/C13H19N7O2/c1-4-20(3)11-5-9(14-7-15-11)16-8(2)13-17-10(18-19-13)6-12(21)22/h5,7-8H,4,6H2,1-3H3,(H,21,22)(H,14,15,16)(H,17,18,19). The molecule has 2 rings (SSSR count). The number of hydrogen-bond donors (Lipinski definition) is 3. The van der Waals surface area contributed by atoms with Crippen molar-refractivity contribution in [2.75, 3.05) is 23.8 Å². The number of anilines is 2. The fourth-order valence-corrected chi connectivity index (χ4v) is 1.81. The third-order valence-electron chi connectivity index (χ3n) is 3.14. The highest BCUT2D eigenvalue weighted by Gasteiger charge is 2.14. The molecule has 0 radical (unpaired) electrons. The molecule has 0 bridgehead atoms. The molecule has 0 spiro atoms. The number of H-pyrrole nitrogens is 1. The van der Waals surface area contributed by atoms with E-state index in [0.717, 1.165) is 12.4 Å². The normalized spacial score (nSPS) is 12.0. The minimum absolute atomic E-state index is 0.182. The van der Waals surface area contributed by atoms with Gasteiger partial charge in [0.05, 0.1) is 6.04 Å². The molecule has 3 N–H and O–H groups in total. The van der Waals surface area contributed by atoms with Crippen LogP contribution < -0.4 is 10.2 Å². The summed E-state index contributed by atoms with van der Waals surface area (Å²) < 4.78 is 0. The van der Waals surface area contributed by atoms with Gasteiger partial charge in [-0.1, -0.05) is 0 Å². The summed E-state index contributed by atoms with van der Waals surface area (Å²) in [6.45, 7) is 4.75. The number of rotatable bonds is 7. The Morgan fingerprint density at radius 3 is 2.95 bits per heavy atom. The lowest BCUT2D eigenvalue weighted by atomic mass is 10.3. The van der Waals surface area contributed by atoms with E-state index in [4.69, 9.17) is 5.11 Å². The van der Waals surface area contributed by atoms with Gasteiger partial charge < -0.3 is 15.3 Å². The van der Waals surface area contributed by atoms with E-state index in [1.807, 2.05) is 31.9 Å². The molecular formula is C13H19N7O2. The van der Waals surface area contributed by atoms with Gasteiger partial charge in [-0.05, 0) is 13.8 Å². The molecule has 0 aliphatic heterocycles. The number of carboxylic acid groups (broad SMARTS) is 1. The lowest BCUT2D eigenvalue weighted by molar-refractivity contribution is -0.136. The molecule has 0 fully saturated rings. The van der Waals surface area contributed by atoms with E-state index in [1.165, 1.54) is 6.33 Å². The quantitative estimate of drug-likeness (QED) is 0.688. The number of aromatic nitrogens is 5. The van der Waals surface area contributed by atoms with Gasteiger partial charge in [-0.25, -0.2) is 15.0 Å². The van der Waals surface area contributed by atoms with Crippen LogP contribution in [0.4, 0.5) is 11.6 Å². The van der Waals surface area contributed by atoms with Gasteiger partial charge >= 0.3 is 5.97 Å². The Morgan fingerprint density at radius 1 is 1.50 bits per heavy atom. The fraction of sp³-hybridized carbons (Fsp3) is 0.462. The van der Waals surface area contributed by atoms with Crippen LogP contribution in [0, 0.1) is 0 Å². The molecule has 2 aromatic rings. The second-order valence-corrected chi connectivity index (χ2v) is 4.85. The average Bonchev–Trinajstić information content (AvgIpc) is 2.94. The van der Waals surface area contributed by atoms with E-state index in [0.29, 0.717) is 17.5 Å². The van der Waals surface area contributed by atoms with Crippen LogP contribution in [0.5, 0.6) is 0 Å². The van der Waals surface area contributed by atoms with Gasteiger partial charge in [0.1, 0.15) is 30.2 Å². The van der Waals surface area contributed by atoms with E-state index >= 15 is 0 Å². The molecule has 1 atom stereocenters. The van der Waals surface area contributed by atoms with Crippen molar-refractivity contribution in [2.45, 2.75) is 26.3 Å². The van der Waals surface area contributed by atoms with E-state index in [2.05, 4.69) is 30.5 Å². The highest BCUT2D eigenvalue weighted by atomic mass is 16.4. The summed E-state index contributed by atoms with van der Waals surface area (Å²) in [4.78, 5) is 25.2. The van der Waals surface area contributed by atoms with Crippen molar-refractivity contribution in [2.24, 2.45) is 0 Å².